The summed E-state index contributed by atoms with van der Waals surface area (Å²) in [6.07, 6.45) is 2.16. The first kappa shape index (κ1) is 16.8. The smallest absolute Gasteiger partial charge is 0.150 e. The van der Waals surface area contributed by atoms with Crippen molar-refractivity contribution >= 4 is 27.7 Å². The number of anilines is 3. The molecule has 2 aromatic rings. The van der Waals surface area contributed by atoms with Gasteiger partial charge in [-0.2, -0.15) is 5.26 Å². The third-order valence-corrected chi connectivity index (χ3v) is 6.94. The number of thiophene rings is 1. The summed E-state index contributed by atoms with van der Waals surface area (Å²) in [5, 5.41) is 24.2. The van der Waals surface area contributed by atoms with Crippen LogP contribution in [0.2, 0.25) is 0 Å². The van der Waals surface area contributed by atoms with E-state index in [2.05, 4.69) is 21.2 Å². The molecule has 2 fully saturated rings. The summed E-state index contributed by atoms with van der Waals surface area (Å²) in [4.78, 5) is 4.68. The molecule has 1 atom stereocenters. The van der Waals surface area contributed by atoms with Gasteiger partial charge in [0.15, 0.2) is 0 Å². The zero-order valence-electron chi connectivity index (χ0n) is 15.1. The first-order chi connectivity index (χ1) is 13.1. The van der Waals surface area contributed by atoms with E-state index in [1.54, 1.807) is 6.07 Å². The molecular formula is C20H21FN4OS. The van der Waals surface area contributed by atoms with Crippen molar-refractivity contribution in [2.24, 2.45) is 0 Å². The van der Waals surface area contributed by atoms with Gasteiger partial charge < -0.3 is 20.2 Å². The second-order valence-corrected chi connectivity index (χ2v) is 8.53. The second kappa shape index (κ2) is 6.11. The Labute approximate surface area is 161 Å². The monoisotopic (exact) mass is 384 g/mol. The van der Waals surface area contributed by atoms with Crippen molar-refractivity contribution in [3.05, 3.63) is 34.0 Å². The number of nitrogens with zero attached hydrogens (tertiary/aromatic N) is 3. The molecular weight excluding hydrogens is 363 g/mol. The fourth-order valence-electron chi connectivity index (χ4n) is 4.30. The number of rotatable bonds is 2. The Morgan fingerprint density at radius 2 is 2.00 bits per heavy atom. The van der Waals surface area contributed by atoms with Crippen molar-refractivity contribution in [1.82, 2.24) is 5.32 Å². The summed E-state index contributed by atoms with van der Waals surface area (Å²) in [7, 11) is 0. The van der Waals surface area contributed by atoms with Crippen LogP contribution in [0, 0.1) is 17.1 Å². The third-order valence-electron chi connectivity index (χ3n) is 5.84. The lowest BCUT2D eigenvalue weighted by Gasteiger charge is -2.37. The molecule has 0 amide bonds. The van der Waals surface area contributed by atoms with E-state index in [0.29, 0.717) is 16.6 Å². The molecule has 7 heteroatoms. The molecule has 5 nitrogen and oxygen atoms in total. The van der Waals surface area contributed by atoms with Crippen molar-refractivity contribution in [3.8, 4) is 11.8 Å². The highest BCUT2D eigenvalue weighted by Gasteiger charge is 2.41. The Balaban J connectivity index is 1.68. The molecule has 1 saturated carbocycles. The molecule has 1 aromatic carbocycles. The Hall–Kier alpha value is -2.30. The molecule has 0 radical (unpaired) electrons. The number of halogens is 1. The van der Waals surface area contributed by atoms with E-state index in [1.165, 1.54) is 11.3 Å². The van der Waals surface area contributed by atoms with Crippen LogP contribution in [-0.2, 0) is 0 Å². The van der Waals surface area contributed by atoms with Gasteiger partial charge in [0.1, 0.15) is 27.5 Å². The molecule has 3 aliphatic rings. The molecule has 27 heavy (non-hydrogen) atoms. The molecule has 1 saturated heterocycles. The maximum atomic E-state index is 15.0. The van der Waals surface area contributed by atoms with Gasteiger partial charge in [0.2, 0.25) is 0 Å². The van der Waals surface area contributed by atoms with Gasteiger partial charge in [0.05, 0.1) is 5.69 Å². The Kier molecular flexibility index (Phi) is 3.81. The molecule has 1 aliphatic carbocycles. The fourth-order valence-corrected chi connectivity index (χ4v) is 5.47. The number of hydrogen-bond donors (Lipinski definition) is 2. The predicted molar refractivity (Wildman–Crippen MR) is 105 cm³/mol. The van der Waals surface area contributed by atoms with Crippen molar-refractivity contribution in [1.29, 1.82) is 5.26 Å². The van der Waals surface area contributed by atoms with Gasteiger partial charge in [-0.15, -0.1) is 11.3 Å². The number of nitrogens with one attached hydrogen (secondary N) is 1. The summed E-state index contributed by atoms with van der Waals surface area (Å²) >= 11 is 1.35. The van der Waals surface area contributed by atoms with E-state index < -0.39 is 0 Å². The van der Waals surface area contributed by atoms with Crippen molar-refractivity contribution in [2.45, 2.75) is 31.7 Å². The lowest BCUT2D eigenvalue weighted by Crippen LogP contribution is -2.44. The minimum Gasteiger partial charge on any atom is -0.505 e. The van der Waals surface area contributed by atoms with Crippen LogP contribution in [-0.4, -0.2) is 37.3 Å². The van der Waals surface area contributed by atoms with Gasteiger partial charge in [-0.1, -0.05) is 6.92 Å². The van der Waals surface area contributed by atoms with Crippen LogP contribution in [0.4, 0.5) is 20.8 Å². The van der Waals surface area contributed by atoms with Gasteiger partial charge in [-0.05, 0) is 30.5 Å². The Bertz CT molecular complexity index is 956. The molecule has 5 rings (SSSR count). The highest BCUT2D eigenvalue weighted by Crippen LogP contribution is 2.57. The first-order valence-corrected chi connectivity index (χ1v) is 10.3. The summed E-state index contributed by atoms with van der Waals surface area (Å²) in [6.45, 7) is 5.28. The molecule has 140 valence electrons. The SMILES string of the molecule is CC1c2cc(F)c(N3CCNCC3)cc2N(C2CC2)c2sc(C#N)c(O)c21. The van der Waals surface area contributed by atoms with Crippen LogP contribution in [0.15, 0.2) is 12.1 Å². The summed E-state index contributed by atoms with van der Waals surface area (Å²) in [5.41, 5.74) is 3.34. The van der Waals surface area contributed by atoms with Crippen molar-refractivity contribution < 1.29 is 9.50 Å². The predicted octanol–water partition coefficient (Wildman–Crippen LogP) is 3.64. The summed E-state index contributed by atoms with van der Waals surface area (Å²) in [6, 6.07) is 6.09. The molecule has 1 aromatic heterocycles. The maximum Gasteiger partial charge on any atom is 0.150 e. The number of hydrogen-bond acceptors (Lipinski definition) is 6. The van der Waals surface area contributed by atoms with E-state index in [4.69, 9.17) is 0 Å². The van der Waals surface area contributed by atoms with Crippen LogP contribution in [0.25, 0.3) is 0 Å². The first-order valence-electron chi connectivity index (χ1n) is 9.44. The number of nitriles is 1. The Morgan fingerprint density at radius 3 is 2.67 bits per heavy atom. The van der Waals surface area contributed by atoms with Crippen molar-refractivity contribution in [2.75, 3.05) is 36.0 Å². The fraction of sp³-hybridized carbons (Fsp3) is 0.450. The quantitative estimate of drug-likeness (QED) is 0.828. The minimum absolute atomic E-state index is 0.0629. The molecule has 2 N–H and O–H groups in total. The standard InChI is InChI=1S/C20H21FN4OS/c1-11-13-8-14(21)16(24-6-4-23-5-7-24)9-15(13)25(12-2-3-12)20-18(11)19(26)17(10-22)27-20/h8-9,11-12,23,26H,2-7H2,1H3. The summed E-state index contributed by atoms with van der Waals surface area (Å²) < 4.78 is 15.0. The van der Waals surface area contributed by atoms with Crippen LogP contribution in [0.5, 0.6) is 5.75 Å². The topological polar surface area (TPSA) is 62.5 Å². The van der Waals surface area contributed by atoms with Crippen LogP contribution < -0.4 is 15.1 Å². The van der Waals surface area contributed by atoms with Crippen molar-refractivity contribution in [3.63, 3.8) is 0 Å². The van der Waals surface area contributed by atoms with E-state index in [1.807, 2.05) is 13.0 Å². The highest BCUT2D eigenvalue weighted by molar-refractivity contribution is 7.17. The number of benzene rings is 1. The van der Waals surface area contributed by atoms with Crippen LogP contribution in [0.3, 0.4) is 0 Å². The lowest BCUT2D eigenvalue weighted by molar-refractivity contribution is 0.467. The van der Waals surface area contributed by atoms with E-state index >= 15 is 4.39 Å². The normalized spacial score (nSPS) is 21.6. The molecule has 0 spiro atoms. The van der Waals surface area contributed by atoms with Crippen LogP contribution >= 0.6 is 11.3 Å². The molecule has 0 bridgehead atoms. The molecule has 1 unspecified atom stereocenters. The van der Waals surface area contributed by atoms with Gasteiger partial charge in [0.25, 0.3) is 0 Å². The summed E-state index contributed by atoms with van der Waals surface area (Å²) in [5.74, 6) is -0.292. The zero-order chi connectivity index (χ0) is 18.7. The minimum atomic E-state index is -0.211. The average molecular weight is 384 g/mol. The third kappa shape index (κ3) is 2.51. The zero-order valence-corrected chi connectivity index (χ0v) is 15.9. The largest absolute Gasteiger partial charge is 0.505 e. The highest BCUT2D eigenvalue weighted by atomic mass is 32.1. The lowest BCUT2D eigenvalue weighted by atomic mass is 9.88. The van der Waals surface area contributed by atoms with Crippen LogP contribution in [0.1, 0.15) is 41.7 Å². The van der Waals surface area contributed by atoms with E-state index in [-0.39, 0.29) is 17.5 Å². The van der Waals surface area contributed by atoms with Gasteiger partial charge in [-0.25, -0.2) is 4.39 Å². The second-order valence-electron chi connectivity index (χ2n) is 7.53. The van der Waals surface area contributed by atoms with Gasteiger partial charge in [-0.3, -0.25) is 0 Å². The van der Waals surface area contributed by atoms with Gasteiger partial charge in [0, 0.05) is 49.4 Å². The number of piperazine rings is 1. The van der Waals surface area contributed by atoms with E-state index in [0.717, 1.165) is 60.8 Å². The number of fused-ring (bicyclic) bond motifs is 2. The number of aromatic hydroxyl groups is 1. The molecule has 3 heterocycles. The molecule has 2 aliphatic heterocycles. The maximum absolute atomic E-state index is 15.0. The Morgan fingerprint density at radius 1 is 1.26 bits per heavy atom. The average Bonchev–Trinajstić information content (AvgIpc) is 3.46. The van der Waals surface area contributed by atoms with Gasteiger partial charge >= 0.3 is 0 Å². The van der Waals surface area contributed by atoms with E-state index in [9.17, 15) is 10.4 Å².